The number of para-hydroxylation sites is 1. The number of fused-ring (bicyclic) bond motifs is 3. The second-order valence-corrected chi connectivity index (χ2v) is 6.27. The van der Waals surface area contributed by atoms with Gasteiger partial charge in [-0.3, -0.25) is 4.40 Å². The molecule has 22 heavy (non-hydrogen) atoms. The molecule has 2 aromatic carbocycles. The maximum absolute atomic E-state index is 5.49. The van der Waals surface area contributed by atoms with Gasteiger partial charge in [0.2, 0.25) is 0 Å². The number of hydrogen-bond acceptors (Lipinski definition) is 3. The van der Waals surface area contributed by atoms with E-state index < -0.39 is 0 Å². The van der Waals surface area contributed by atoms with Crippen molar-refractivity contribution in [2.75, 3.05) is 6.61 Å². The van der Waals surface area contributed by atoms with Crippen molar-refractivity contribution >= 4 is 26.5 Å². The second-order valence-electron chi connectivity index (χ2n) is 5.26. The van der Waals surface area contributed by atoms with Gasteiger partial charge >= 0.3 is 0 Å². The summed E-state index contributed by atoms with van der Waals surface area (Å²) in [6.45, 7) is 4.82. The smallest absolute Gasteiger partial charge is 0.195 e. The van der Waals surface area contributed by atoms with Crippen molar-refractivity contribution < 1.29 is 4.74 Å². The van der Waals surface area contributed by atoms with Crippen molar-refractivity contribution in [1.29, 1.82) is 0 Å². The van der Waals surface area contributed by atoms with Crippen molar-refractivity contribution in [1.82, 2.24) is 9.38 Å². The van der Waals surface area contributed by atoms with Crippen LogP contribution in [0.4, 0.5) is 0 Å². The van der Waals surface area contributed by atoms with Gasteiger partial charge in [0.25, 0.3) is 0 Å². The molecular weight excluding hydrogens is 292 g/mol. The monoisotopic (exact) mass is 308 g/mol. The number of benzene rings is 2. The lowest BCUT2D eigenvalue weighted by atomic mass is 10.1. The Hall–Kier alpha value is -2.33. The van der Waals surface area contributed by atoms with E-state index in [1.54, 1.807) is 11.3 Å². The van der Waals surface area contributed by atoms with Gasteiger partial charge in [0.05, 0.1) is 22.5 Å². The van der Waals surface area contributed by atoms with Gasteiger partial charge in [-0.25, -0.2) is 4.98 Å². The third-order valence-corrected chi connectivity index (χ3v) is 4.80. The number of hydrogen-bond donors (Lipinski definition) is 0. The van der Waals surface area contributed by atoms with E-state index in [4.69, 9.17) is 9.72 Å². The highest BCUT2D eigenvalue weighted by atomic mass is 32.1. The molecule has 0 aliphatic rings. The lowest BCUT2D eigenvalue weighted by Crippen LogP contribution is -1.90. The summed E-state index contributed by atoms with van der Waals surface area (Å²) >= 11 is 1.73. The summed E-state index contributed by atoms with van der Waals surface area (Å²) in [4.78, 5) is 5.81. The maximum Gasteiger partial charge on any atom is 0.195 e. The Balaban J connectivity index is 1.82. The number of thiazole rings is 1. The molecule has 0 spiro atoms. The van der Waals surface area contributed by atoms with Gasteiger partial charge in [-0.15, -0.1) is 0 Å². The summed E-state index contributed by atoms with van der Waals surface area (Å²) in [5.74, 6) is 0.897. The van der Waals surface area contributed by atoms with E-state index >= 15 is 0 Å². The fourth-order valence-corrected chi connectivity index (χ4v) is 3.83. The highest BCUT2D eigenvalue weighted by Gasteiger charge is 2.11. The maximum atomic E-state index is 5.49. The Kier molecular flexibility index (Phi) is 3.12. The highest BCUT2D eigenvalue weighted by molar-refractivity contribution is 7.23. The van der Waals surface area contributed by atoms with Crippen molar-refractivity contribution in [3.8, 4) is 17.0 Å². The predicted molar refractivity (Wildman–Crippen MR) is 91.9 cm³/mol. The number of aryl methyl sites for hydroxylation is 1. The fourth-order valence-electron chi connectivity index (χ4n) is 2.74. The molecule has 0 atom stereocenters. The van der Waals surface area contributed by atoms with Crippen molar-refractivity contribution in [2.45, 2.75) is 13.8 Å². The van der Waals surface area contributed by atoms with Crippen LogP contribution in [0.5, 0.6) is 5.75 Å². The largest absolute Gasteiger partial charge is 0.494 e. The van der Waals surface area contributed by atoms with Crippen LogP contribution >= 0.6 is 11.3 Å². The van der Waals surface area contributed by atoms with E-state index in [2.05, 4.69) is 47.9 Å². The van der Waals surface area contributed by atoms with Crippen LogP contribution in [0.1, 0.15) is 12.5 Å². The van der Waals surface area contributed by atoms with Crippen LogP contribution in [-0.2, 0) is 0 Å². The highest BCUT2D eigenvalue weighted by Crippen LogP contribution is 2.31. The third-order valence-electron chi connectivity index (χ3n) is 3.78. The zero-order valence-corrected chi connectivity index (χ0v) is 13.4. The summed E-state index contributed by atoms with van der Waals surface area (Å²) in [6.07, 6.45) is 2.12. The van der Waals surface area contributed by atoms with E-state index in [0.717, 1.165) is 22.0 Å². The summed E-state index contributed by atoms with van der Waals surface area (Å²) in [6, 6.07) is 14.5. The standard InChI is InChI=1S/C18H16N2OS/c1-3-21-14-9-7-13(8-10-14)15-11-20-17-12(2)5-4-6-16(17)22-18(20)19-15/h4-11H,3H2,1-2H3. The summed E-state index contributed by atoms with van der Waals surface area (Å²) in [5, 5.41) is 0. The molecular formula is C18H16N2OS. The molecule has 2 heterocycles. The first-order valence-corrected chi connectivity index (χ1v) is 8.18. The van der Waals surface area contributed by atoms with Gasteiger partial charge in [0.15, 0.2) is 4.96 Å². The molecule has 0 N–H and O–H groups in total. The average molecular weight is 308 g/mol. The number of aromatic nitrogens is 2. The van der Waals surface area contributed by atoms with Crippen LogP contribution < -0.4 is 4.74 Å². The zero-order chi connectivity index (χ0) is 15.1. The summed E-state index contributed by atoms with van der Waals surface area (Å²) < 4.78 is 8.96. The number of nitrogens with zero attached hydrogens (tertiary/aromatic N) is 2. The Morgan fingerprint density at radius 3 is 2.73 bits per heavy atom. The van der Waals surface area contributed by atoms with E-state index in [0.29, 0.717) is 6.61 Å². The lowest BCUT2D eigenvalue weighted by Gasteiger charge is -2.03. The summed E-state index contributed by atoms with van der Waals surface area (Å²) in [5.41, 5.74) is 4.65. The Morgan fingerprint density at radius 1 is 1.14 bits per heavy atom. The molecule has 0 radical (unpaired) electrons. The van der Waals surface area contributed by atoms with E-state index in [1.165, 1.54) is 15.8 Å². The molecule has 4 heteroatoms. The van der Waals surface area contributed by atoms with Crippen LogP contribution in [0.3, 0.4) is 0 Å². The molecule has 0 amide bonds. The van der Waals surface area contributed by atoms with Crippen molar-refractivity contribution in [3.63, 3.8) is 0 Å². The minimum absolute atomic E-state index is 0.685. The normalized spacial score (nSPS) is 11.4. The van der Waals surface area contributed by atoms with Gasteiger partial charge in [-0.2, -0.15) is 0 Å². The van der Waals surface area contributed by atoms with Gasteiger partial charge in [-0.1, -0.05) is 23.5 Å². The van der Waals surface area contributed by atoms with Crippen molar-refractivity contribution in [3.05, 3.63) is 54.2 Å². The first-order valence-electron chi connectivity index (χ1n) is 7.36. The van der Waals surface area contributed by atoms with Gasteiger partial charge in [0, 0.05) is 11.8 Å². The quantitative estimate of drug-likeness (QED) is 0.537. The number of imidazole rings is 1. The van der Waals surface area contributed by atoms with Crippen LogP contribution in [-0.4, -0.2) is 16.0 Å². The second kappa shape index (κ2) is 5.14. The van der Waals surface area contributed by atoms with Crippen LogP contribution in [0.15, 0.2) is 48.7 Å². The van der Waals surface area contributed by atoms with Crippen LogP contribution in [0.25, 0.3) is 26.4 Å². The van der Waals surface area contributed by atoms with Crippen LogP contribution in [0.2, 0.25) is 0 Å². The minimum atomic E-state index is 0.685. The van der Waals surface area contributed by atoms with E-state index in [9.17, 15) is 0 Å². The Bertz CT molecular complexity index is 950. The van der Waals surface area contributed by atoms with Crippen LogP contribution in [0, 0.1) is 6.92 Å². The van der Waals surface area contributed by atoms with Gasteiger partial charge < -0.3 is 4.74 Å². The predicted octanol–water partition coefficient (Wildman–Crippen LogP) is 4.92. The Morgan fingerprint density at radius 2 is 1.95 bits per heavy atom. The number of rotatable bonds is 3. The fraction of sp³-hybridized carbons (Fsp3) is 0.167. The molecule has 0 saturated heterocycles. The molecule has 0 saturated carbocycles. The van der Waals surface area contributed by atoms with Gasteiger partial charge in [0.1, 0.15) is 5.75 Å². The molecule has 2 aromatic heterocycles. The molecule has 0 fully saturated rings. The minimum Gasteiger partial charge on any atom is -0.494 e. The molecule has 4 rings (SSSR count). The molecule has 0 aliphatic heterocycles. The zero-order valence-electron chi connectivity index (χ0n) is 12.5. The van der Waals surface area contributed by atoms with E-state index in [-0.39, 0.29) is 0 Å². The molecule has 4 aromatic rings. The SMILES string of the molecule is CCOc1ccc(-c2cn3c(n2)sc2cccc(C)c23)cc1. The molecule has 0 aliphatic carbocycles. The lowest BCUT2D eigenvalue weighted by molar-refractivity contribution is 0.340. The first kappa shape index (κ1) is 13.3. The number of ether oxygens (including phenoxy) is 1. The molecule has 110 valence electrons. The van der Waals surface area contributed by atoms with Crippen molar-refractivity contribution in [2.24, 2.45) is 0 Å². The Labute approximate surface area is 132 Å². The third kappa shape index (κ3) is 2.07. The topological polar surface area (TPSA) is 26.5 Å². The molecule has 0 bridgehead atoms. The molecule has 3 nitrogen and oxygen atoms in total. The van der Waals surface area contributed by atoms with E-state index in [1.807, 2.05) is 19.1 Å². The summed E-state index contributed by atoms with van der Waals surface area (Å²) in [7, 11) is 0. The average Bonchev–Trinajstić information content (AvgIpc) is 3.06. The first-order chi connectivity index (χ1) is 10.8. The van der Waals surface area contributed by atoms with Gasteiger partial charge in [-0.05, 0) is 49.7 Å². The molecule has 0 unspecified atom stereocenters.